The minimum atomic E-state index is -0.443. The van der Waals surface area contributed by atoms with Gasteiger partial charge in [0, 0.05) is 0 Å². The molecule has 0 saturated heterocycles. The van der Waals surface area contributed by atoms with Crippen LogP contribution in [-0.4, -0.2) is 25.1 Å². The van der Waals surface area contributed by atoms with Crippen molar-refractivity contribution in [3.8, 4) is 5.75 Å². The number of rotatable bonds is 7. The first-order chi connectivity index (χ1) is 9.43. The van der Waals surface area contributed by atoms with E-state index in [1.165, 1.54) is 11.1 Å². The SMILES string of the molecule is CCC(C)C(N)C(=O)NCCOc1cc(C)cc(C)c1.Cl. The average Bonchev–Trinajstić information content (AvgIpc) is 2.40. The maximum absolute atomic E-state index is 11.8. The zero-order chi connectivity index (χ0) is 15.1. The van der Waals surface area contributed by atoms with Crippen molar-refractivity contribution >= 4 is 18.3 Å². The smallest absolute Gasteiger partial charge is 0.237 e. The standard InChI is InChI=1S/C16H26N2O2.ClH/c1-5-13(4)15(17)16(19)18-6-7-20-14-9-11(2)8-12(3)10-14;/h8-10,13,15H,5-7,17H2,1-4H3,(H,18,19);1H. The second-order valence-corrected chi connectivity index (χ2v) is 5.37. The molecule has 1 aromatic carbocycles. The lowest BCUT2D eigenvalue weighted by Crippen LogP contribution is -2.45. The molecule has 21 heavy (non-hydrogen) atoms. The fourth-order valence-electron chi connectivity index (χ4n) is 1.99. The Labute approximate surface area is 133 Å². The number of carbonyl (C=O) groups excluding carboxylic acids is 1. The molecule has 0 aliphatic rings. The van der Waals surface area contributed by atoms with E-state index in [9.17, 15) is 4.79 Å². The average molecular weight is 315 g/mol. The highest BCUT2D eigenvalue weighted by molar-refractivity contribution is 5.85. The van der Waals surface area contributed by atoms with E-state index >= 15 is 0 Å². The number of amides is 1. The quantitative estimate of drug-likeness (QED) is 0.760. The first-order valence-electron chi connectivity index (χ1n) is 7.18. The first kappa shape index (κ1) is 19.7. The Morgan fingerprint density at radius 1 is 1.29 bits per heavy atom. The topological polar surface area (TPSA) is 64.4 Å². The summed E-state index contributed by atoms with van der Waals surface area (Å²) in [6, 6.07) is 5.63. The van der Waals surface area contributed by atoms with E-state index in [0.29, 0.717) is 13.2 Å². The first-order valence-corrected chi connectivity index (χ1v) is 7.18. The van der Waals surface area contributed by atoms with Gasteiger partial charge in [-0.15, -0.1) is 12.4 Å². The molecule has 0 bridgehead atoms. The van der Waals surface area contributed by atoms with Crippen molar-refractivity contribution in [1.29, 1.82) is 0 Å². The second-order valence-electron chi connectivity index (χ2n) is 5.37. The molecule has 0 aliphatic heterocycles. The molecule has 3 N–H and O–H groups in total. The van der Waals surface area contributed by atoms with Gasteiger partial charge in [-0.3, -0.25) is 4.79 Å². The van der Waals surface area contributed by atoms with Crippen LogP contribution in [0.2, 0.25) is 0 Å². The second kappa shape index (κ2) is 9.64. The summed E-state index contributed by atoms with van der Waals surface area (Å²) in [5.41, 5.74) is 8.19. The van der Waals surface area contributed by atoms with Gasteiger partial charge >= 0.3 is 0 Å². The van der Waals surface area contributed by atoms with Crippen LogP contribution in [0, 0.1) is 19.8 Å². The van der Waals surface area contributed by atoms with Gasteiger partial charge in [0.1, 0.15) is 12.4 Å². The third-order valence-corrected chi connectivity index (χ3v) is 3.42. The predicted molar refractivity (Wildman–Crippen MR) is 89.1 cm³/mol. The third kappa shape index (κ3) is 6.82. The van der Waals surface area contributed by atoms with Crippen LogP contribution in [0.4, 0.5) is 0 Å². The lowest BCUT2D eigenvalue weighted by Gasteiger charge is -2.17. The zero-order valence-corrected chi connectivity index (χ0v) is 14.1. The number of aryl methyl sites for hydroxylation is 2. The van der Waals surface area contributed by atoms with Crippen LogP contribution in [0.5, 0.6) is 5.75 Å². The van der Waals surface area contributed by atoms with Gasteiger partial charge in [-0.1, -0.05) is 26.3 Å². The molecule has 0 saturated carbocycles. The number of hydrogen-bond acceptors (Lipinski definition) is 3. The summed E-state index contributed by atoms with van der Waals surface area (Å²) in [5, 5.41) is 2.81. The highest BCUT2D eigenvalue weighted by Gasteiger charge is 2.18. The maximum atomic E-state index is 11.8. The molecule has 0 aliphatic carbocycles. The highest BCUT2D eigenvalue weighted by atomic mass is 35.5. The van der Waals surface area contributed by atoms with Gasteiger partial charge in [0.05, 0.1) is 12.6 Å². The number of nitrogens with one attached hydrogen (secondary N) is 1. The van der Waals surface area contributed by atoms with Crippen LogP contribution in [0.25, 0.3) is 0 Å². The number of hydrogen-bond donors (Lipinski definition) is 2. The Balaban J connectivity index is 0.00000400. The molecule has 1 rings (SSSR count). The van der Waals surface area contributed by atoms with Gasteiger partial charge in [0.15, 0.2) is 0 Å². The molecular weight excluding hydrogens is 288 g/mol. The number of halogens is 1. The Hall–Kier alpha value is -1.26. The predicted octanol–water partition coefficient (Wildman–Crippen LogP) is 2.59. The monoisotopic (exact) mass is 314 g/mol. The van der Waals surface area contributed by atoms with Crippen molar-refractivity contribution in [2.45, 2.75) is 40.2 Å². The fraction of sp³-hybridized carbons (Fsp3) is 0.562. The van der Waals surface area contributed by atoms with E-state index in [-0.39, 0.29) is 24.2 Å². The number of ether oxygens (including phenoxy) is 1. The highest BCUT2D eigenvalue weighted by Crippen LogP contribution is 2.15. The third-order valence-electron chi connectivity index (χ3n) is 3.42. The molecule has 2 atom stereocenters. The van der Waals surface area contributed by atoms with Crippen LogP contribution in [0.3, 0.4) is 0 Å². The molecule has 0 radical (unpaired) electrons. The molecule has 1 amide bonds. The van der Waals surface area contributed by atoms with Gasteiger partial charge in [-0.05, 0) is 43.0 Å². The largest absolute Gasteiger partial charge is 0.492 e. The molecule has 0 fully saturated rings. The van der Waals surface area contributed by atoms with E-state index < -0.39 is 6.04 Å². The summed E-state index contributed by atoms with van der Waals surface area (Å²) in [5.74, 6) is 0.918. The van der Waals surface area contributed by atoms with E-state index in [2.05, 4.69) is 11.4 Å². The van der Waals surface area contributed by atoms with Gasteiger partial charge < -0.3 is 15.8 Å². The Morgan fingerprint density at radius 2 is 1.86 bits per heavy atom. The lowest BCUT2D eigenvalue weighted by molar-refractivity contribution is -0.123. The van der Waals surface area contributed by atoms with Gasteiger partial charge in [0.2, 0.25) is 5.91 Å². The van der Waals surface area contributed by atoms with Crippen LogP contribution in [0.1, 0.15) is 31.4 Å². The minimum absolute atomic E-state index is 0. The molecule has 0 spiro atoms. The van der Waals surface area contributed by atoms with Crippen molar-refractivity contribution in [2.75, 3.05) is 13.2 Å². The van der Waals surface area contributed by atoms with Gasteiger partial charge in [-0.2, -0.15) is 0 Å². The summed E-state index contributed by atoms with van der Waals surface area (Å²) in [6.07, 6.45) is 0.896. The van der Waals surface area contributed by atoms with E-state index in [1.807, 2.05) is 39.8 Å². The maximum Gasteiger partial charge on any atom is 0.237 e. The van der Waals surface area contributed by atoms with Crippen molar-refractivity contribution < 1.29 is 9.53 Å². The molecule has 4 nitrogen and oxygen atoms in total. The number of benzene rings is 1. The van der Waals surface area contributed by atoms with Crippen molar-refractivity contribution in [3.63, 3.8) is 0 Å². The molecule has 0 heterocycles. The Bertz CT molecular complexity index is 432. The van der Waals surface area contributed by atoms with Crippen LogP contribution in [0.15, 0.2) is 18.2 Å². The van der Waals surface area contributed by atoms with Crippen LogP contribution >= 0.6 is 12.4 Å². The lowest BCUT2D eigenvalue weighted by atomic mass is 9.99. The van der Waals surface area contributed by atoms with Crippen LogP contribution in [-0.2, 0) is 4.79 Å². The van der Waals surface area contributed by atoms with Crippen molar-refractivity contribution in [3.05, 3.63) is 29.3 Å². The van der Waals surface area contributed by atoms with E-state index in [4.69, 9.17) is 10.5 Å². The molecule has 2 unspecified atom stereocenters. The van der Waals surface area contributed by atoms with E-state index in [1.54, 1.807) is 0 Å². The fourth-order valence-corrected chi connectivity index (χ4v) is 1.99. The molecule has 120 valence electrons. The molecule has 0 aromatic heterocycles. The number of carbonyl (C=O) groups is 1. The van der Waals surface area contributed by atoms with Crippen molar-refractivity contribution in [1.82, 2.24) is 5.32 Å². The summed E-state index contributed by atoms with van der Waals surface area (Å²) in [6.45, 7) is 8.99. The molecular formula is C16H27ClN2O2. The molecule has 5 heteroatoms. The van der Waals surface area contributed by atoms with Gasteiger partial charge in [-0.25, -0.2) is 0 Å². The number of nitrogens with two attached hydrogens (primary N) is 1. The summed E-state index contributed by atoms with van der Waals surface area (Å²) < 4.78 is 5.63. The summed E-state index contributed by atoms with van der Waals surface area (Å²) >= 11 is 0. The Kier molecular flexibility index (Phi) is 9.06. The Morgan fingerprint density at radius 3 is 2.38 bits per heavy atom. The summed E-state index contributed by atoms with van der Waals surface area (Å²) in [4.78, 5) is 11.8. The molecule has 1 aromatic rings. The van der Waals surface area contributed by atoms with Gasteiger partial charge in [0.25, 0.3) is 0 Å². The minimum Gasteiger partial charge on any atom is -0.492 e. The van der Waals surface area contributed by atoms with Crippen LogP contribution < -0.4 is 15.8 Å². The summed E-state index contributed by atoms with van der Waals surface area (Å²) in [7, 11) is 0. The normalized spacial score (nSPS) is 13.0. The van der Waals surface area contributed by atoms with E-state index in [0.717, 1.165) is 12.2 Å². The zero-order valence-electron chi connectivity index (χ0n) is 13.3. The van der Waals surface area contributed by atoms with Crippen molar-refractivity contribution in [2.24, 2.45) is 11.7 Å².